The van der Waals surface area contributed by atoms with Gasteiger partial charge in [-0.3, -0.25) is 0 Å². The minimum absolute atomic E-state index is 0.347. The Morgan fingerprint density at radius 3 is 2.33 bits per heavy atom. The SMILES string of the molecule is COC(=O)/C(N)=C(O)/C=C(/C)N. The monoisotopic (exact) mass is 172 g/mol. The van der Waals surface area contributed by atoms with Crippen LogP contribution in [0.2, 0.25) is 0 Å². The Kier molecular flexibility index (Phi) is 3.69. The highest BCUT2D eigenvalue weighted by Crippen LogP contribution is 1.99. The molecule has 0 bridgehead atoms. The first-order valence-electron chi connectivity index (χ1n) is 3.19. The van der Waals surface area contributed by atoms with Gasteiger partial charge in [-0.05, 0) is 6.92 Å². The Morgan fingerprint density at radius 1 is 1.50 bits per heavy atom. The molecule has 0 atom stereocenters. The molecule has 0 aromatic heterocycles. The molecular formula is C7H12N2O3. The number of esters is 1. The Morgan fingerprint density at radius 2 is 2.00 bits per heavy atom. The summed E-state index contributed by atoms with van der Waals surface area (Å²) in [6.45, 7) is 1.56. The number of aliphatic hydroxyl groups excluding tert-OH is 1. The lowest BCUT2D eigenvalue weighted by Gasteiger charge is -2.00. The number of allylic oxidation sites excluding steroid dienone is 2. The number of carbonyl (C=O) groups is 1. The summed E-state index contributed by atoms with van der Waals surface area (Å²) in [6.07, 6.45) is 1.17. The van der Waals surface area contributed by atoms with E-state index in [1.807, 2.05) is 0 Å². The van der Waals surface area contributed by atoms with Gasteiger partial charge in [-0.2, -0.15) is 0 Å². The van der Waals surface area contributed by atoms with Crippen LogP contribution in [0.15, 0.2) is 23.2 Å². The fourth-order valence-corrected chi connectivity index (χ4v) is 0.508. The molecule has 0 saturated heterocycles. The lowest BCUT2D eigenvalue weighted by atomic mass is 10.3. The van der Waals surface area contributed by atoms with E-state index in [9.17, 15) is 4.79 Å². The Bertz CT molecular complexity index is 239. The van der Waals surface area contributed by atoms with Crippen molar-refractivity contribution in [3.8, 4) is 0 Å². The topological polar surface area (TPSA) is 98.6 Å². The van der Waals surface area contributed by atoms with E-state index in [-0.39, 0.29) is 11.5 Å². The second kappa shape index (κ2) is 4.27. The maximum absolute atomic E-state index is 10.7. The molecule has 0 aliphatic heterocycles. The minimum atomic E-state index is -0.787. The van der Waals surface area contributed by atoms with E-state index in [4.69, 9.17) is 16.6 Å². The lowest BCUT2D eigenvalue weighted by molar-refractivity contribution is -0.136. The Labute approximate surface area is 70.3 Å². The maximum atomic E-state index is 10.7. The summed E-state index contributed by atoms with van der Waals surface area (Å²) >= 11 is 0. The first-order valence-corrected chi connectivity index (χ1v) is 3.19. The van der Waals surface area contributed by atoms with Crippen molar-refractivity contribution >= 4 is 5.97 Å². The first kappa shape index (κ1) is 10.3. The molecule has 12 heavy (non-hydrogen) atoms. The highest BCUT2D eigenvalue weighted by Gasteiger charge is 2.08. The van der Waals surface area contributed by atoms with Gasteiger partial charge in [0.25, 0.3) is 0 Å². The van der Waals surface area contributed by atoms with Crippen LogP contribution in [0.3, 0.4) is 0 Å². The van der Waals surface area contributed by atoms with Gasteiger partial charge >= 0.3 is 5.97 Å². The molecule has 0 spiro atoms. The molecule has 0 aromatic carbocycles. The van der Waals surface area contributed by atoms with Crippen LogP contribution in [0, 0.1) is 0 Å². The molecule has 0 unspecified atom stereocenters. The van der Waals surface area contributed by atoms with Crippen molar-refractivity contribution in [2.45, 2.75) is 6.92 Å². The van der Waals surface area contributed by atoms with Crippen LogP contribution in [0.5, 0.6) is 0 Å². The van der Waals surface area contributed by atoms with Crippen LogP contribution in [-0.2, 0) is 9.53 Å². The van der Waals surface area contributed by atoms with E-state index in [0.717, 1.165) is 0 Å². The van der Waals surface area contributed by atoms with Gasteiger partial charge in [-0.25, -0.2) is 4.79 Å². The number of hydrogen-bond acceptors (Lipinski definition) is 5. The minimum Gasteiger partial charge on any atom is -0.505 e. The Hall–Kier alpha value is -1.65. The van der Waals surface area contributed by atoms with Gasteiger partial charge < -0.3 is 21.3 Å². The van der Waals surface area contributed by atoms with Gasteiger partial charge in [-0.15, -0.1) is 0 Å². The number of ether oxygens (including phenoxy) is 1. The molecular weight excluding hydrogens is 160 g/mol. The van der Waals surface area contributed by atoms with Gasteiger partial charge in [0.1, 0.15) is 5.76 Å². The van der Waals surface area contributed by atoms with Gasteiger partial charge in [0, 0.05) is 11.8 Å². The highest BCUT2D eigenvalue weighted by atomic mass is 16.5. The second-order valence-electron chi connectivity index (χ2n) is 2.18. The summed E-state index contributed by atoms with van der Waals surface area (Å²) in [6, 6.07) is 0. The quantitative estimate of drug-likeness (QED) is 0.231. The van der Waals surface area contributed by atoms with Gasteiger partial charge in [-0.1, -0.05) is 0 Å². The summed E-state index contributed by atoms with van der Waals surface area (Å²) in [5.74, 6) is -1.17. The van der Waals surface area contributed by atoms with Gasteiger partial charge in [0.15, 0.2) is 5.70 Å². The predicted octanol–water partition coefficient (Wildman–Crippen LogP) is -0.250. The molecule has 5 nitrogen and oxygen atoms in total. The summed E-state index contributed by atoms with van der Waals surface area (Å²) in [4.78, 5) is 10.7. The first-order chi connectivity index (χ1) is 5.49. The van der Waals surface area contributed by atoms with Crippen LogP contribution in [0.1, 0.15) is 6.92 Å². The van der Waals surface area contributed by atoms with Crippen molar-refractivity contribution < 1.29 is 14.6 Å². The molecule has 68 valence electrons. The molecule has 5 heteroatoms. The molecule has 0 aliphatic rings. The van der Waals surface area contributed by atoms with Gasteiger partial charge in [0.05, 0.1) is 7.11 Å². The largest absolute Gasteiger partial charge is 0.505 e. The van der Waals surface area contributed by atoms with Crippen LogP contribution < -0.4 is 11.5 Å². The third kappa shape index (κ3) is 2.96. The zero-order valence-corrected chi connectivity index (χ0v) is 7.00. The van der Waals surface area contributed by atoms with Crippen molar-refractivity contribution in [3.63, 3.8) is 0 Å². The molecule has 5 N–H and O–H groups in total. The molecule has 0 amide bonds. The van der Waals surface area contributed by atoms with Crippen molar-refractivity contribution in [2.75, 3.05) is 7.11 Å². The third-order valence-corrected chi connectivity index (χ3v) is 1.05. The van der Waals surface area contributed by atoms with Crippen LogP contribution in [0.4, 0.5) is 0 Å². The Balaban J connectivity index is 4.69. The molecule has 0 fully saturated rings. The van der Waals surface area contributed by atoms with E-state index in [1.54, 1.807) is 6.92 Å². The zero-order valence-electron chi connectivity index (χ0n) is 7.00. The van der Waals surface area contributed by atoms with E-state index in [2.05, 4.69) is 4.74 Å². The summed E-state index contributed by atoms with van der Waals surface area (Å²) < 4.78 is 4.26. The number of methoxy groups -OCH3 is 1. The van der Waals surface area contributed by atoms with Gasteiger partial charge in [0.2, 0.25) is 0 Å². The van der Waals surface area contributed by atoms with Crippen molar-refractivity contribution in [1.29, 1.82) is 0 Å². The standard InChI is InChI=1S/C7H12N2O3/c1-4(8)3-5(10)6(9)7(11)12-2/h3,10H,8-9H2,1-2H3/b4-3-,6-5+. The average molecular weight is 172 g/mol. The fourth-order valence-electron chi connectivity index (χ4n) is 0.508. The summed E-state index contributed by atoms with van der Waals surface area (Å²) in [7, 11) is 1.17. The number of rotatable bonds is 2. The van der Waals surface area contributed by atoms with Crippen LogP contribution in [-0.4, -0.2) is 18.2 Å². The van der Waals surface area contributed by atoms with E-state index < -0.39 is 5.97 Å². The number of aliphatic hydroxyl groups is 1. The molecule has 0 radical (unpaired) electrons. The molecule has 0 heterocycles. The lowest BCUT2D eigenvalue weighted by Crippen LogP contribution is -2.15. The molecule has 0 aromatic rings. The average Bonchev–Trinajstić information content (AvgIpc) is 2.00. The van der Waals surface area contributed by atoms with Crippen molar-refractivity contribution in [2.24, 2.45) is 11.5 Å². The maximum Gasteiger partial charge on any atom is 0.357 e. The van der Waals surface area contributed by atoms with E-state index in [1.165, 1.54) is 13.2 Å². The number of nitrogens with two attached hydrogens (primary N) is 2. The zero-order chi connectivity index (χ0) is 9.72. The fraction of sp³-hybridized carbons (Fsp3) is 0.286. The van der Waals surface area contributed by atoms with E-state index in [0.29, 0.717) is 5.70 Å². The molecule has 0 saturated carbocycles. The van der Waals surface area contributed by atoms with Crippen molar-refractivity contribution in [1.82, 2.24) is 0 Å². The molecule has 0 aliphatic carbocycles. The second-order valence-corrected chi connectivity index (χ2v) is 2.18. The number of hydrogen-bond donors (Lipinski definition) is 3. The highest BCUT2D eigenvalue weighted by molar-refractivity contribution is 5.88. The van der Waals surface area contributed by atoms with E-state index >= 15 is 0 Å². The van der Waals surface area contributed by atoms with Crippen LogP contribution >= 0.6 is 0 Å². The predicted molar refractivity (Wildman–Crippen MR) is 43.8 cm³/mol. The smallest absolute Gasteiger partial charge is 0.357 e. The third-order valence-electron chi connectivity index (χ3n) is 1.05. The summed E-state index contributed by atoms with van der Waals surface area (Å²) in [5, 5.41) is 9.09. The number of carbonyl (C=O) groups excluding carboxylic acids is 1. The normalized spacial score (nSPS) is 13.7. The van der Waals surface area contributed by atoms with Crippen LogP contribution in [0.25, 0.3) is 0 Å². The summed E-state index contributed by atoms with van der Waals surface area (Å²) in [5.41, 5.74) is 10.4. The molecule has 0 rings (SSSR count). The van der Waals surface area contributed by atoms with Crippen molar-refractivity contribution in [3.05, 3.63) is 23.2 Å².